The molecule has 3 N–H and O–H groups in total. The standard InChI is InChI=1S/C30H28FN5O4S/c31-25-5-1-3-22(17-25)18-29-34-30(35-40-29)23-8-12-27(13-9-23)41(38,39)36-26-10-6-21(7-11-26)14-16-33-20-28(37)24-4-2-15-32-19-24/h1-13,15,17,19,28,33,36-37H,14,16,18,20H2/t28-/m0/s1. The number of pyridine rings is 1. The molecule has 0 bridgehead atoms. The van der Waals surface area contributed by atoms with E-state index >= 15 is 0 Å². The zero-order chi connectivity index (χ0) is 28.7. The number of benzene rings is 3. The fourth-order valence-corrected chi connectivity index (χ4v) is 5.22. The summed E-state index contributed by atoms with van der Waals surface area (Å²) < 4.78 is 47.2. The molecule has 11 heteroatoms. The van der Waals surface area contributed by atoms with Crippen LogP contribution in [0.1, 0.15) is 28.7 Å². The van der Waals surface area contributed by atoms with Gasteiger partial charge < -0.3 is 14.9 Å². The summed E-state index contributed by atoms with van der Waals surface area (Å²) in [5.41, 5.74) is 3.52. The molecule has 5 aromatic rings. The third-order valence-electron chi connectivity index (χ3n) is 6.34. The molecule has 2 aromatic heterocycles. The lowest BCUT2D eigenvalue weighted by Gasteiger charge is -2.12. The van der Waals surface area contributed by atoms with Crippen molar-refractivity contribution < 1.29 is 22.4 Å². The van der Waals surface area contributed by atoms with E-state index in [-0.39, 0.29) is 17.1 Å². The van der Waals surface area contributed by atoms with Gasteiger partial charge in [-0.1, -0.05) is 35.5 Å². The molecule has 210 valence electrons. The number of aliphatic hydroxyl groups excluding tert-OH is 1. The third-order valence-corrected chi connectivity index (χ3v) is 7.74. The number of aromatic nitrogens is 3. The van der Waals surface area contributed by atoms with Crippen molar-refractivity contribution in [2.24, 2.45) is 0 Å². The summed E-state index contributed by atoms with van der Waals surface area (Å²) in [6, 6.07) is 23.1. The summed E-state index contributed by atoms with van der Waals surface area (Å²) in [6.45, 7) is 1.06. The zero-order valence-electron chi connectivity index (χ0n) is 21.9. The third kappa shape index (κ3) is 7.60. The maximum Gasteiger partial charge on any atom is 0.261 e. The fourth-order valence-electron chi connectivity index (χ4n) is 4.16. The summed E-state index contributed by atoms with van der Waals surface area (Å²) in [7, 11) is -3.82. The van der Waals surface area contributed by atoms with Gasteiger partial charge in [-0.15, -0.1) is 0 Å². The molecule has 0 aliphatic heterocycles. The van der Waals surface area contributed by atoms with Crippen LogP contribution in [0.4, 0.5) is 10.1 Å². The molecule has 0 spiro atoms. The predicted molar refractivity (Wildman–Crippen MR) is 152 cm³/mol. The van der Waals surface area contributed by atoms with E-state index in [0.717, 1.165) is 11.1 Å². The molecular weight excluding hydrogens is 545 g/mol. The number of hydrogen-bond donors (Lipinski definition) is 3. The Morgan fingerprint density at radius 2 is 1.76 bits per heavy atom. The Labute approximate surface area is 237 Å². The van der Waals surface area contributed by atoms with E-state index in [1.807, 2.05) is 18.2 Å². The van der Waals surface area contributed by atoms with E-state index in [2.05, 4.69) is 25.2 Å². The van der Waals surface area contributed by atoms with Crippen LogP contribution in [0.15, 0.2) is 107 Å². The molecule has 0 saturated carbocycles. The molecule has 0 aliphatic rings. The van der Waals surface area contributed by atoms with Crippen molar-refractivity contribution in [2.75, 3.05) is 17.8 Å². The number of rotatable bonds is 12. The topological polar surface area (TPSA) is 130 Å². The molecule has 0 radical (unpaired) electrons. The summed E-state index contributed by atoms with van der Waals surface area (Å²) >= 11 is 0. The molecule has 0 saturated heterocycles. The van der Waals surface area contributed by atoms with Crippen LogP contribution in [0.25, 0.3) is 11.4 Å². The summed E-state index contributed by atoms with van der Waals surface area (Å²) in [5, 5.41) is 17.4. The zero-order valence-corrected chi connectivity index (χ0v) is 22.8. The lowest BCUT2D eigenvalue weighted by Crippen LogP contribution is -2.23. The SMILES string of the molecule is O=S(=O)(Nc1ccc(CCNC[C@H](O)c2cccnc2)cc1)c1ccc(-c2noc(Cc3cccc(F)c3)n2)cc1. The van der Waals surface area contributed by atoms with Crippen molar-refractivity contribution in [2.45, 2.75) is 23.8 Å². The van der Waals surface area contributed by atoms with Gasteiger partial charge in [0.05, 0.1) is 17.4 Å². The first-order chi connectivity index (χ1) is 19.9. The number of sulfonamides is 1. The number of nitrogens with one attached hydrogen (secondary N) is 2. The van der Waals surface area contributed by atoms with Gasteiger partial charge in [0, 0.05) is 35.8 Å². The van der Waals surface area contributed by atoms with E-state index in [0.29, 0.717) is 48.0 Å². The van der Waals surface area contributed by atoms with Gasteiger partial charge >= 0.3 is 0 Å². The molecule has 41 heavy (non-hydrogen) atoms. The average Bonchev–Trinajstić information content (AvgIpc) is 3.45. The number of hydrogen-bond acceptors (Lipinski definition) is 8. The Bertz CT molecular complexity index is 1680. The molecule has 5 rings (SSSR count). The minimum absolute atomic E-state index is 0.0881. The summed E-state index contributed by atoms with van der Waals surface area (Å²) in [6.07, 6.45) is 3.67. The maximum atomic E-state index is 13.4. The van der Waals surface area contributed by atoms with Crippen LogP contribution in [0.5, 0.6) is 0 Å². The van der Waals surface area contributed by atoms with E-state index in [4.69, 9.17) is 4.52 Å². The largest absolute Gasteiger partial charge is 0.387 e. The molecule has 1 atom stereocenters. The van der Waals surface area contributed by atoms with Crippen molar-refractivity contribution in [3.63, 3.8) is 0 Å². The Kier molecular flexibility index (Phi) is 8.78. The first-order valence-corrected chi connectivity index (χ1v) is 14.4. The molecular formula is C30H28FN5O4S. The smallest absolute Gasteiger partial charge is 0.261 e. The number of nitrogens with zero attached hydrogens (tertiary/aromatic N) is 3. The van der Waals surface area contributed by atoms with Gasteiger partial charge in [-0.2, -0.15) is 4.98 Å². The van der Waals surface area contributed by atoms with E-state index < -0.39 is 16.1 Å². The second kappa shape index (κ2) is 12.8. The van der Waals surface area contributed by atoms with Crippen molar-refractivity contribution in [1.82, 2.24) is 20.4 Å². The van der Waals surface area contributed by atoms with E-state index in [1.54, 1.807) is 54.9 Å². The molecule has 3 aromatic carbocycles. The van der Waals surface area contributed by atoms with Crippen LogP contribution < -0.4 is 10.0 Å². The van der Waals surface area contributed by atoms with Crippen LogP contribution >= 0.6 is 0 Å². The van der Waals surface area contributed by atoms with Gasteiger partial charge in [0.15, 0.2) is 0 Å². The first kappa shape index (κ1) is 28.1. The van der Waals surface area contributed by atoms with E-state index in [9.17, 15) is 17.9 Å². The van der Waals surface area contributed by atoms with Gasteiger partial charge in [0.2, 0.25) is 11.7 Å². The molecule has 0 unspecified atom stereocenters. The van der Waals surface area contributed by atoms with Crippen molar-refractivity contribution >= 4 is 15.7 Å². The highest BCUT2D eigenvalue weighted by molar-refractivity contribution is 7.92. The number of anilines is 1. The van der Waals surface area contributed by atoms with Gasteiger partial charge in [-0.25, -0.2) is 12.8 Å². The Balaban J connectivity index is 1.13. The Morgan fingerprint density at radius 1 is 0.951 bits per heavy atom. The van der Waals surface area contributed by atoms with Crippen molar-refractivity contribution in [1.29, 1.82) is 0 Å². The van der Waals surface area contributed by atoms with Gasteiger partial charge in [0.1, 0.15) is 5.82 Å². The second-order valence-electron chi connectivity index (χ2n) is 9.40. The lowest BCUT2D eigenvalue weighted by molar-refractivity contribution is 0.174. The molecule has 2 heterocycles. The molecule has 0 fully saturated rings. The fraction of sp³-hybridized carbons (Fsp3) is 0.167. The Morgan fingerprint density at radius 3 is 2.49 bits per heavy atom. The minimum Gasteiger partial charge on any atom is -0.387 e. The second-order valence-corrected chi connectivity index (χ2v) is 11.1. The minimum atomic E-state index is -3.82. The Hall–Kier alpha value is -4.45. The highest BCUT2D eigenvalue weighted by atomic mass is 32.2. The lowest BCUT2D eigenvalue weighted by atomic mass is 10.1. The van der Waals surface area contributed by atoms with Crippen molar-refractivity contribution in [3.8, 4) is 11.4 Å². The van der Waals surface area contributed by atoms with Crippen molar-refractivity contribution in [3.05, 3.63) is 126 Å². The van der Waals surface area contributed by atoms with Crippen LogP contribution in [0, 0.1) is 5.82 Å². The molecule has 0 aliphatic carbocycles. The predicted octanol–water partition coefficient (Wildman–Crippen LogP) is 4.53. The highest BCUT2D eigenvalue weighted by Crippen LogP contribution is 2.22. The quantitative estimate of drug-likeness (QED) is 0.186. The van der Waals surface area contributed by atoms with Crippen LogP contribution in [0.3, 0.4) is 0 Å². The van der Waals surface area contributed by atoms with Gasteiger partial charge in [-0.05, 0) is 78.7 Å². The summed E-state index contributed by atoms with van der Waals surface area (Å²) in [5.74, 6) is 0.293. The number of aliphatic hydroxyl groups is 1. The van der Waals surface area contributed by atoms with E-state index in [1.165, 1.54) is 24.3 Å². The van der Waals surface area contributed by atoms with Gasteiger partial charge in [0.25, 0.3) is 10.0 Å². The molecule has 9 nitrogen and oxygen atoms in total. The van der Waals surface area contributed by atoms with Crippen LogP contribution in [-0.4, -0.2) is 41.7 Å². The van der Waals surface area contributed by atoms with Crippen LogP contribution in [-0.2, 0) is 22.9 Å². The highest BCUT2D eigenvalue weighted by Gasteiger charge is 2.16. The number of halogens is 1. The average molecular weight is 574 g/mol. The van der Waals surface area contributed by atoms with Gasteiger partial charge in [-0.3, -0.25) is 9.71 Å². The normalized spacial score (nSPS) is 12.2. The summed E-state index contributed by atoms with van der Waals surface area (Å²) in [4.78, 5) is 8.44. The van der Waals surface area contributed by atoms with Crippen LogP contribution in [0.2, 0.25) is 0 Å². The molecule has 0 amide bonds. The first-order valence-electron chi connectivity index (χ1n) is 12.9. The monoisotopic (exact) mass is 573 g/mol. The maximum absolute atomic E-state index is 13.4.